The molecule has 2 atom stereocenters. The standard InChI is InChI=1S/C9H14N2O2S2/c1-4(7(12)13)6(3)14-8-5(2)11-9(10)15-8/h4,6H,1-3H3,(H2,10,11)(H,12,13). The lowest BCUT2D eigenvalue weighted by atomic mass is 10.1. The van der Waals surface area contributed by atoms with E-state index in [1.807, 2.05) is 13.8 Å². The fourth-order valence-electron chi connectivity index (χ4n) is 0.984. The summed E-state index contributed by atoms with van der Waals surface area (Å²) in [6, 6.07) is 0. The Hall–Kier alpha value is -0.750. The molecule has 0 aliphatic carbocycles. The SMILES string of the molecule is Cc1nc(N)sc1SC(C)C(C)C(=O)O. The average molecular weight is 246 g/mol. The van der Waals surface area contributed by atoms with Crippen LogP contribution in [0.1, 0.15) is 19.5 Å². The average Bonchev–Trinajstić information content (AvgIpc) is 2.43. The van der Waals surface area contributed by atoms with E-state index in [-0.39, 0.29) is 11.2 Å². The lowest BCUT2D eigenvalue weighted by Gasteiger charge is -2.14. The van der Waals surface area contributed by atoms with Crippen molar-refractivity contribution < 1.29 is 9.90 Å². The van der Waals surface area contributed by atoms with Crippen molar-refractivity contribution >= 4 is 34.2 Å². The molecular formula is C9H14N2O2S2. The van der Waals surface area contributed by atoms with Crippen molar-refractivity contribution in [3.05, 3.63) is 5.69 Å². The van der Waals surface area contributed by atoms with Gasteiger partial charge in [0, 0.05) is 5.25 Å². The largest absolute Gasteiger partial charge is 0.481 e. The normalized spacial score (nSPS) is 14.9. The predicted octanol–water partition coefficient (Wildman–Crippen LogP) is 2.24. The van der Waals surface area contributed by atoms with Crippen LogP contribution in [0.2, 0.25) is 0 Å². The number of carboxylic acid groups (broad SMARTS) is 1. The summed E-state index contributed by atoms with van der Waals surface area (Å²) < 4.78 is 1.01. The molecule has 0 amide bonds. The van der Waals surface area contributed by atoms with Gasteiger partial charge < -0.3 is 10.8 Å². The number of nitrogens with two attached hydrogens (primary N) is 1. The van der Waals surface area contributed by atoms with Gasteiger partial charge in [-0.05, 0) is 6.92 Å². The van der Waals surface area contributed by atoms with Crippen LogP contribution in [0.3, 0.4) is 0 Å². The van der Waals surface area contributed by atoms with Crippen molar-refractivity contribution in [2.24, 2.45) is 5.92 Å². The molecule has 15 heavy (non-hydrogen) atoms. The summed E-state index contributed by atoms with van der Waals surface area (Å²) >= 11 is 2.93. The zero-order valence-corrected chi connectivity index (χ0v) is 10.5. The van der Waals surface area contributed by atoms with E-state index in [0.29, 0.717) is 5.13 Å². The molecule has 0 spiro atoms. The number of aliphatic carboxylic acids is 1. The maximum atomic E-state index is 10.8. The monoisotopic (exact) mass is 246 g/mol. The third kappa shape index (κ3) is 3.10. The van der Waals surface area contributed by atoms with Gasteiger partial charge in [0.25, 0.3) is 0 Å². The molecule has 0 saturated carbocycles. The van der Waals surface area contributed by atoms with Crippen LogP contribution in [0.15, 0.2) is 4.21 Å². The van der Waals surface area contributed by atoms with Crippen LogP contribution in [0, 0.1) is 12.8 Å². The Morgan fingerprint density at radius 1 is 1.60 bits per heavy atom. The molecule has 0 aliphatic heterocycles. The topological polar surface area (TPSA) is 76.2 Å². The Bertz CT molecular complexity index is 365. The van der Waals surface area contributed by atoms with Gasteiger partial charge in [-0.15, -0.1) is 11.8 Å². The second-order valence-corrected chi connectivity index (χ2v) is 6.05. The molecule has 1 heterocycles. The highest BCUT2D eigenvalue weighted by molar-refractivity contribution is 8.01. The first-order valence-corrected chi connectivity index (χ1v) is 6.23. The Morgan fingerprint density at radius 2 is 2.20 bits per heavy atom. The third-order valence-electron chi connectivity index (χ3n) is 2.16. The van der Waals surface area contributed by atoms with Gasteiger partial charge in [0.2, 0.25) is 0 Å². The van der Waals surface area contributed by atoms with Gasteiger partial charge in [-0.1, -0.05) is 25.2 Å². The van der Waals surface area contributed by atoms with Gasteiger partial charge in [0.1, 0.15) is 0 Å². The number of thiazole rings is 1. The number of rotatable bonds is 4. The first kappa shape index (κ1) is 12.3. The lowest BCUT2D eigenvalue weighted by molar-refractivity contribution is -0.140. The maximum absolute atomic E-state index is 10.8. The Morgan fingerprint density at radius 3 is 2.60 bits per heavy atom. The summed E-state index contributed by atoms with van der Waals surface area (Å²) in [6.07, 6.45) is 0. The zero-order chi connectivity index (χ0) is 11.6. The number of carbonyl (C=O) groups is 1. The highest BCUT2D eigenvalue weighted by atomic mass is 32.2. The van der Waals surface area contributed by atoms with Gasteiger partial charge >= 0.3 is 5.97 Å². The highest BCUT2D eigenvalue weighted by Gasteiger charge is 2.22. The van der Waals surface area contributed by atoms with Crippen molar-refractivity contribution in [1.29, 1.82) is 0 Å². The third-order valence-corrected chi connectivity index (χ3v) is 4.77. The van der Waals surface area contributed by atoms with E-state index in [1.165, 1.54) is 23.1 Å². The summed E-state index contributed by atoms with van der Waals surface area (Å²) in [5.74, 6) is -1.15. The fourth-order valence-corrected chi connectivity index (χ4v) is 3.33. The number of thioether (sulfide) groups is 1. The van der Waals surface area contributed by atoms with Gasteiger partial charge in [0.15, 0.2) is 5.13 Å². The van der Waals surface area contributed by atoms with Crippen LogP contribution in [-0.2, 0) is 4.79 Å². The minimum atomic E-state index is -0.773. The van der Waals surface area contributed by atoms with E-state index in [1.54, 1.807) is 6.92 Å². The summed E-state index contributed by atoms with van der Waals surface area (Å²) in [4.78, 5) is 14.9. The Kier molecular flexibility index (Phi) is 3.98. The Balaban J connectivity index is 2.70. The molecule has 1 aromatic heterocycles. The van der Waals surface area contributed by atoms with Crippen LogP contribution < -0.4 is 5.73 Å². The molecule has 3 N–H and O–H groups in total. The number of hydrogen-bond acceptors (Lipinski definition) is 5. The van der Waals surface area contributed by atoms with E-state index in [2.05, 4.69) is 4.98 Å². The van der Waals surface area contributed by atoms with E-state index in [0.717, 1.165) is 9.90 Å². The number of carboxylic acids is 1. The molecule has 2 unspecified atom stereocenters. The van der Waals surface area contributed by atoms with Crippen molar-refractivity contribution in [3.63, 3.8) is 0 Å². The molecule has 1 rings (SSSR count). The second kappa shape index (κ2) is 4.85. The second-order valence-electron chi connectivity index (χ2n) is 3.37. The van der Waals surface area contributed by atoms with Crippen molar-refractivity contribution in [2.75, 3.05) is 5.73 Å². The van der Waals surface area contributed by atoms with Gasteiger partial charge in [-0.3, -0.25) is 4.79 Å². The van der Waals surface area contributed by atoms with Crippen LogP contribution >= 0.6 is 23.1 Å². The molecule has 4 nitrogen and oxygen atoms in total. The van der Waals surface area contributed by atoms with Gasteiger partial charge in [0.05, 0.1) is 15.8 Å². The summed E-state index contributed by atoms with van der Waals surface area (Å²) in [5.41, 5.74) is 6.45. The highest BCUT2D eigenvalue weighted by Crippen LogP contribution is 2.35. The number of nitrogens with zero attached hydrogens (tertiary/aromatic N) is 1. The molecule has 0 fully saturated rings. The molecule has 0 radical (unpaired) electrons. The number of anilines is 1. The van der Waals surface area contributed by atoms with Crippen LogP contribution in [0.25, 0.3) is 0 Å². The van der Waals surface area contributed by atoms with Crippen molar-refractivity contribution in [3.8, 4) is 0 Å². The molecule has 0 aliphatic rings. The molecule has 6 heteroatoms. The summed E-state index contributed by atoms with van der Waals surface area (Å²) in [7, 11) is 0. The van der Waals surface area contributed by atoms with Gasteiger partial charge in [-0.2, -0.15) is 0 Å². The first-order valence-electron chi connectivity index (χ1n) is 4.54. The molecule has 0 saturated heterocycles. The van der Waals surface area contributed by atoms with Gasteiger partial charge in [-0.25, -0.2) is 4.98 Å². The van der Waals surface area contributed by atoms with Crippen LogP contribution in [0.5, 0.6) is 0 Å². The quantitative estimate of drug-likeness (QED) is 0.797. The smallest absolute Gasteiger partial charge is 0.307 e. The summed E-state index contributed by atoms with van der Waals surface area (Å²) in [5, 5.41) is 9.40. The fraction of sp³-hybridized carbons (Fsp3) is 0.556. The lowest BCUT2D eigenvalue weighted by Crippen LogP contribution is -2.19. The summed E-state index contributed by atoms with van der Waals surface area (Å²) in [6.45, 7) is 5.49. The minimum absolute atomic E-state index is 0.0149. The molecular weight excluding hydrogens is 232 g/mol. The predicted molar refractivity (Wildman–Crippen MR) is 63.4 cm³/mol. The molecule has 1 aromatic rings. The molecule has 0 aromatic carbocycles. The van der Waals surface area contributed by atoms with E-state index in [4.69, 9.17) is 10.8 Å². The maximum Gasteiger partial charge on any atom is 0.307 e. The molecule has 84 valence electrons. The first-order chi connectivity index (χ1) is 6.91. The number of aryl methyl sites for hydroxylation is 1. The Labute approximate surface area is 96.9 Å². The number of aromatic nitrogens is 1. The van der Waals surface area contributed by atoms with Crippen molar-refractivity contribution in [1.82, 2.24) is 4.98 Å². The number of nitrogen functional groups attached to an aromatic ring is 1. The van der Waals surface area contributed by atoms with Crippen LogP contribution in [0.4, 0.5) is 5.13 Å². The minimum Gasteiger partial charge on any atom is -0.481 e. The number of hydrogen-bond donors (Lipinski definition) is 2. The van der Waals surface area contributed by atoms with E-state index >= 15 is 0 Å². The molecule has 0 bridgehead atoms. The zero-order valence-electron chi connectivity index (χ0n) is 8.85. The van der Waals surface area contributed by atoms with Crippen molar-refractivity contribution in [2.45, 2.75) is 30.2 Å². The van der Waals surface area contributed by atoms with E-state index < -0.39 is 5.97 Å². The van der Waals surface area contributed by atoms with Crippen LogP contribution in [-0.4, -0.2) is 21.3 Å². The van der Waals surface area contributed by atoms with E-state index in [9.17, 15) is 4.79 Å².